The SMILES string of the molecule is CCCCCCC(C)(C)c1cc(O)c2c(c1)OC(C)(C)[C@@H]1CC=C(C(=O)CCCC)CC21. The Morgan fingerprint density at radius 3 is 2.53 bits per heavy atom. The third-order valence-corrected chi connectivity index (χ3v) is 7.85. The first-order chi connectivity index (χ1) is 15.1. The van der Waals surface area contributed by atoms with Crippen molar-refractivity contribution >= 4 is 5.78 Å². The van der Waals surface area contributed by atoms with Crippen LogP contribution in [0.25, 0.3) is 0 Å². The molecule has 3 rings (SSSR count). The number of carbonyl (C=O) groups is 1. The first-order valence-corrected chi connectivity index (χ1v) is 12.9. The molecular formula is C29H44O3. The lowest BCUT2D eigenvalue weighted by Crippen LogP contribution is -2.46. The Balaban J connectivity index is 1.90. The molecule has 1 N–H and O–H groups in total. The van der Waals surface area contributed by atoms with Gasteiger partial charge in [-0.05, 0) is 68.2 Å². The van der Waals surface area contributed by atoms with Crippen molar-refractivity contribution in [2.24, 2.45) is 5.92 Å². The zero-order valence-corrected chi connectivity index (χ0v) is 21.2. The van der Waals surface area contributed by atoms with Crippen LogP contribution in [0.3, 0.4) is 0 Å². The molecule has 1 unspecified atom stereocenters. The van der Waals surface area contributed by atoms with Gasteiger partial charge in [-0.1, -0.05) is 65.9 Å². The average Bonchev–Trinajstić information content (AvgIpc) is 2.73. The number of allylic oxidation sites excluding steroid dienone is 2. The van der Waals surface area contributed by atoms with E-state index in [0.717, 1.165) is 48.1 Å². The van der Waals surface area contributed by atoms with E-state index >= 15 is 0 Å². The average molecular weight is 441 g/mol. The van der Waals surface area contributed by atoms with Gasteiger partial charge in [0.05, 0.1) is 0 Å². The maximum absolute atomic E-state index is 12.8. The first-order valence-electron chi connectivity index (χ1n) is 12.9. The number of hydrogen-bond acceptors (Lipinski definition) is 3. The molecule has 0 aromatic heterocycles. The van der Waals surface area contributed by atoms with Crippen LogP contribution in [0, 0.1) is 5.92 Å². The zero-order chi connectivity index (χ0) is 23.5. The van der Waals surface area contributed by atoms with Gasteiger partial charge in [0.25, 0.3) is 0 Å². The predicted octanol–water partition coefficient (Wildman–Crippen LogP) is 7.99. The highest BCUT2D eigenvalue weighted by Crippen LogP contribution is 2.55. The molecule has 3 heteroatoms. The molecule has 0 fully saturated rings. The van der Waals surface area contributed by atoms with Crippen molar-refractivity contribution in [2.75, 3.05) is 0 Å². The Morgan fingerprint density at radius 2 is 1.84 bits per heavy atom. The summed E-state index contributed by atoms with van der Waals surface area (Å²) < 4.78 is 6.53. The van der Waals surface area contributed by atoms with Gasteiger partial charge in [0.1, 0.15) is 17.1 Å². The van der Waals surface area contributed by atoms with Crippen molar-refractivity contribution < 1.29 is 14.6 Å². The minimum Gasteiger partial charge on any atom is -0.508 e. The van der Waals surface area contributed by atoms with Crippen LogP contribution in [0.1, 0.15) is 123 Å². The van der Waals surface area contributed by atoms with Gasteiger partial charge in [0, 0.05) is 23.8 Å². The van der Waals surface area contributed by atoms with Crippen LogP contribution in [-0.4, -0.2) is 16.5 Å². The number of aromatic hydroxyl groups is 1. The van der Waals surface area contributed by atoms with Gasteiger partial charge in [0.15, 0.2) is 5.78 Å². The number of ether oxygens (including phenoxy) is 1. The van der Waals surface area contributed by atoms with Crippen molar-refractivity contribution in [3.8, 4) is 11.5 Å². The van der Waals surface area contributed by atoms with Crippen LogP contribution in [0.5, 0.6) is 11.5 Å². The van der Waals surface area contributed by atoms with Crippen molar-refractivity contribution in [1.29, 1.82) is 0 Å². The van der Waals surface area contributed by atoms with Crippen molar-refractivity contribution in [1.82, 2.24) is 0 Å². The minimum absolute atomic E-state index is 0.0155. The van der Waals surface area contributed by atoms with Crippen LogP contribution in [0.15, 0.2) is 23.8 Å². The number of rotatable bonds is 10. The maximum atomic E-state index is 12.8. The number of phenols is 1. The fourth-order valence-electron chi connectivity index (χ4n) is 5.65. The number of carbonyl (C=O) groups excluding carboxylic acids is 1. The third-order valence-electron chi connectivity index (χ3n) is 7.85. The first kappa shape index (κ1) is 24.9. The van der Waals surface area contributed by atoms with Crippen molar-refractivity contribution in [3.63, 3.8) is 0 Å². The highest BCUT2D eigenvalue weighted by atomic mass is 16.5. The summed E-state index contributed by atoms with van der Waals surface area (Å²) in [5.74, 6) is 1.82. The molecule has 0 spiro atoms. The number of ketones is 1. The molecule has 2 aliphatic rings. The lowest BCUT2D eigenvalue weighted by atomic mass is 9.66. The van der Waals surface area contributed by atoms with Gasteiger partial charge < -0.3 is 9.84 Å². The van der Waals surface area contributed by atoms with E-state index < -0.39 is 0 Å². The summed E-state index contributed by atoms with van der Waals surface area (Å²) in [6.45, 7) is 13.2. The van der Waals surface area contributed by atoms with Gasteiger partial charge >= 0.3 is 0 Å². The quantitative estimate of drug-likeness (QED) is 0.375. The second-order valence-electron chi connectivity index (χ2n) is 11.2. The molecule has 1 aromatic rings. The summed E-state index contributed by atoms with van der Waals surface area (Å²) >= 11 is 0. The number of Topliss-reactive ketones (excluding diaryl/α,β-unsaturated/α-hetero) is 1. The third kappa shape index (κ3) is 5.24. The summed E-state index contributed by atoms with van der Waals surface area (Å²) in [5, 5.41) is 11.2. The number of hydrogen-bond donors (Lipinski definition) is 1. The Morgan fingerprint density at radius 1 is 1.12 bits per heavy atom. The maximum Gasteiger partial charge on any atom is 0.158 e. The molecule has 0 amide bonds. The Kier molecular flexibility index (Phi) is 7.78. The summed E-state index contributed by atoms with van der Waals surface area (Å²) in [4.78, 5) is 12.8. The summed E-state index contributed by atoms with van der Waals surface area (Å²) in [6, 6.07) is 4.14. The van der Waals surface area contributed by atoms with E-state index in [9.17, 15) is 9.90 Å². The molecule has 0 radical (unpaired) electrons. The van der Waals surface area contributed by atoms with Crippen LogP contribution in [0.2, 0.25) is 0 Å². The molecule has 1 aromatic carbocycles. The lowest BCUT2D eigenvalue weighted by Gasteiger charge is -2.47. The second-order valence-corrected chi connectivity index (χ2v) is 11.2. The van der Waals surface area contributed by atoms with E-state index in [1.54, 1.807) is 0 Å². The van der Waals surface area contributed by atoms with Gasteiger partial charge in [-0.25, -0.2) is 0 Å². The van der Waals surface area contributed by atoms with Crippen molar-refractivity contribution in [3.05, 3.63) is 34.9 Å². The molecule has 1 aliphatic heterocycles. The van der Waals surface area contributed by atoms with Gasteiger partial charge in [-0.15, -0.1) is 0 Å². The standard InChI is InChI=1S/C29H44O3/c1-7-9-11-12-16-28(3,4)21-18-25(31)27-22-17-20(24(30)13-10-8-2)14-15-23(22)29(5,6)32-26(27)19-21/h14,18-19,22-23,31H,7-13,15-17H2,1-6H3/t22?,23-/m1/s1. The monoisotopic (exact) mass is 440 g/mol. The van der Waals surface area contributed by atoms with Crippen LogP contribution in [0.4, 0.5) is 0 Å². The molecule has 2 atom stereocenters. The van der Waals surface area contributed by atoms with E-state index in [-0.39, 0.29) is 28.6 Å². The van der Waals surface area contributed by atoms with Gasteiger partial charge in [-0.3, -0.25) is 4.79 Å². The van der Waals surface area contributed by atoms with Crippen LogP contribution >= 0.6 is 0 Å². The normalized spacial score (nSPS) is 21.9. The predicted molar refractivity (Wildman–Crippen MR) is 133 cm³/mol. The smallest absolute Gasteiger partial charge is 0.158 e. The molecule has 0 saturated heterocycles. The van der Waals surface area contributed by atoms with E-state index in [2.05, 4.69) is 53.7 Å². The molecule has 32 heavy (non-hydrogen) atoms. The Labute approximate surface area is 195 Å². The Hall–Kier alpha value is -1.77. The molecule has 1 aliphatic carbocycles. The second kappa shape index (κ2) is 10.0. The molecule has 0 saturated carbocycles. The number of benzene rings is 1. The molecular weight excluding hydrogens is 396 g/mol. The van der Waals surface area contributed by atoms with Crippen LogP contribution < -0.4 is 4.74 Å². The zero-order valence-electron chi connectivity index (χ0n) is 21.2. The van der Waals surface area contributed by atoms with E-state index in [0.29, 0.717) is 18.6 Å². The summed E-state index contributed by atoms with van der Waals surface area (Å²) in [6.07, 6.45) is 12.3. The van der Waals surface area contributed by atoms with Crippen molar-refractivity contribution in [2.45, 2.75) is 123 Å². The number of fused-ring (bicyclic) bond motifs is 3. The highest BCUT2D eigenvalue weighted by Gasteiger charge is 2.47. The van der Waals surface area contributed by atoms with E-state index in [1.807, 2.05) is 6.07 Å². The summed E-state index contributed by atoms with van der Waals surface area (Å²) in [7, 11) is 0. The number of unbranched alkanes of at least 4 members (excludes halogenated alkanes) is 4. The fraction of sp³-hybridized carbons (Fsp3) is 0.690. The molecule has 0 bridgehead atoms. The number of phenolic OH excluding ortho intramolecular Hbond substituents is 1. The molecule has 1 heterocycles. The largest absolute Gasteiger partial charge is 0.508 e. The topological polar surface area (TPSA) is 46.5 Å². The fourth-order valence-corrected chi connectivity index (χ4v) is 5.65. The van der Waals surface area contributed by atoms with E-state index in [1.165, 1.54) is 25.7 Å². The Bertz CT molecular complexity index is 846. The van der Waals surface area contributed by atoms with E-state index in [4.69, 9.17) is 4.74 Å². The van der Waals surface area contributed by atoms with Gasteiger partial charge in [-0.2, -0.15) is 0 Å². The minimum atomic E-state index is -0.331. The molecule has 178 valence electrons. The lowest BCUT2D eigenvalue weighted by molar-refractivity contribution is -0.116. The van der Waals surface area contributed by atoms with Gasteiger partial charge in [0.2, 0.25) is 0 Å². The van der Waals surface area contributed by atoms with Crippen LogP contribution in [-0.2, 0) is 10.2 Å². The highest BCUT2D eigenvalue weighted by molar-refractivity contribution is 5.95. The molecule has 3 nitrogen and oxygen atoms in total. The summed E-state index contributed by atoms with van der Waals surface area (Å²) in [5.41, 5.74) is 2.66.